The van der Waals surface area contributed by atoms with Crippen molar-refractivity contribution in [2.75, 3.05) is 20.3 Å². The second-order valence-electron chi connectivity index (χ2n) is 3.18. The van der Waals surface area contributed by atoms with E-state index in [1.54, 1.807) is 25.3 Å². The van der Waals surface area contributed by atoms with Crippen LogP contribution in [0.15, 0.2) is 18.2 Å². The first-order valence-electron chi connectivity index (χ1n) is 4.76. The van der Waals surface area contributed by atoms with Crippen LogP contribution in [-0.4, -0.2) is 20.3 Å². The van der Waals surface area contributed by atoms with Crippen molar-refractivity contribution in [1.82, 2.24) is 5.32 Å². The van der Waals surface area contributed by atoms with Crippen molar-refractivity contribution in [3.63, 3.8) is 0 Å². The number of benzene rings is 1. The lowest BCUT2D eigenvalue weighted by atomic mass is 10.1. The normalized spacial score (nSPS) is 12.1. The van der Waals surface area contributed by atoms with Crippen molar-refractivity contribution in [3.8, 4) is 6.07 Å². The maximum Gasteiger partial charge on any atom is 0.121 e. The van der Waals surface area contributed by atoms with Gasteiger partial charge in [-0.1, -0.05) is 29.3 Å². The number of halogens is 2. The minimum absolute atomic E-state index is 0.398. The van der Waals surface area contributed by atoms with Crippen LogP contribution in [0.1, 0.15) is 11.6 Å². The average Bonchev–Trinajstić information content (AvgIpc) is 2.29. The summed E-state index contributed by atoms with van der Waals surface area (Å²) in [6, 6.07) is 6.91. The second-order valence-corrected chi connectivity index (χ2v) is 4.00. The third kappa shape index (κ3) is 3.66. The molecule has 1 aromatic rings. The molecule has 0 fully saturated rings. The number of ether oxygens (including phenoxy) is 1. The standard InChI is InChI=1S/C11H12Cl2N2O/c1-16-5-4-15-11(7-14)8-2-3-9(12)10(13)6-8/h2-3,6,11,15H,4-5H2,1H3. The minimum Gasteiger partial charge on any atom is -0.383 e. The van der Waals surface area contributed by atoms with E-state index in [0.29, 0.717) is 23.2 Å². The lowest BCUT2D eigenvalue weighted by Gasteiger charge is -2.12. The number of nitriles is 1. The van der Waals surface area contributed by atoms with E-state index in [-0.39, 0.29) is 0 Å². The third-order valence-corrected chi connectivity index (χ3v) is 2.80. The van der Waals surface area contributed by atoms with E-state index in [2.05, 4.69) is 11.4 Å². The first-order chi connectivity index (χ1) is 7.69. The highest BCUT2D eigenvalue weighted by Gasteiger charge is 2.10. The number of hydrogen-bond donors (Lipinski definition) is 1. The van der Waals surface area contributed by atoms with Crippen LogP contribution in [0, 0.1) is 11.3 Å². The van der Waals surface area contributed by atoms with Gasteiger partial charge in [0.15, 0.2) is 0 Å². The molecule has 1 rings (SSSR count). The van der Waals surface area contributed by atoms with Crippen LogP contribution in [0.25, 0.3) is 0 Å². The number of nitrogens with zero attached hydrogens (tertiary/aromatic N) is 1. The lowest BCUT2D eigenvalue weighted by Crippen LogP contribution is -2.23. The molecule has 1 atom stereocenters. The topological polar surface area (TPSA) is 45.0 Å². The van der Waals surface area contributed by atoms with Gasteiger partial charge in [-0.05, 0) is 17.7 Å². The summed E-state index contributed by atoms with van der Waals surface area (Å²) in [6.07, 6.45) is 0. The first kappa shape index (κ1) is 13.3. The summed E-state index contributed by atoms with van der Waals surface area (Å²) in [5, 5.41) is 13.0. The Bertz CT molecular complexity index is 390. The van der Waals surface area contributed by atoms with E-state index in [0.717, 1.165) is 5.56 Å². The molecule has 1 unspecified atom stereocenters. The summed E-state index contributed by atoms with van der Waals surface area (Å²) in [5.41, 5.74) is 0.799. The maximum atomic E-state index is 9.01. The minimum atomic E-state index is -0.398. The molecule has 0 aliphatic carbocycles. The molecular weight excluding hydrogens is 247 g/mol. The second kappa shape index (κ2) is 6.72. The highest BCUT2D eigenvalue weighted by Crippen LogP contribution is 2.25. The van der Waals surface area contributed by atoms with Crippen molar-refractivity contribution in [1.29, 1.82) is 5.26 Å². The summed E-state index contributed by atoms with van der Waals surface area (Å²) >= 11 is 11.7. The Kier molecular flexibility index (Phi) is 5.58. The van der Waals surface area contributed by atoms with Crippen molar-refractivity contribution in [3.05, 3.63) is 33.8 Å². The Hall–Kier alpha value is -0.790. The molecule has 0 amide bonds. The van der Waals surface area contributed by atoms with E-state index < -0.39 is 6.04 Å². The smallest absolute Gasteiger partial charge is 0.121 e. The van der Waals surface area contributed by atoms with Crippen LogP contribution >= 0.6 is 23.2 Å². The summed E-state index contributed by atoms with van der Waals surface area (Å²) in [5.74, 6) is 0. The van der Waals surface area contributed by atoms with Crippen molar-refractivity contribution in [2.24, 2.45) is 0 Å². The molecule has 1 N–H and O–H groups in total. The molecule has 3 nitrogen and oxygen atoms in total. The molecule has 5 heteroatoms. The zero-order chi connectivity index (χ0) is 12.0. The van der Waals surface area contributed by atoms with Crippen molar-refractivity contribution < 1.29 is 4.74 Å². The molecule has 0 aliphatic heterocycles. The summed E-state index contributed by atoms with van der Waals surface area (Å²) < 4.78 is 4.90. The molecule has 1 aromatic carbocycles. The number of hydrogen-bond acceptors (Lipinski definition) is 3. The van der Waals surface area contributed by atoms with Gasteiger partial charge in [-0.25, -0.2) is 0 Å². The Labute approximate surface area is 105 Å². The van der Waals surface area contributed by atoms with E-state index in [1.165, 1.54) is 0 Å². The van der Waals surface area contributed by atoms with E-state index >= 15 is 0 Å². The Morgan fingerprint density at radius 2 is 2.19 bits per heavy atom. The van der Waals surface area contributed by atoms with Crippen LogP contribution in [0.4, 0.5) is 0 Å². The van der Waals surface area contributed by atoms with Crippen LogP contribution < -0.4 is 5.32 Å². The zero-order valence-electron chi connectivity index (χ0n) is 8.84. The summed E-state index contributed by atoms with van der Waals surface area (Å²) in [7, 11) is 1.61. The van der Waals surface area contributed by atoms with Gasteiger partial charge in [0.25, 0.3) is 0 Å². The third-order valence-electron chi connectivity index (χ3n) is 2.06. The van der Waals surface area contributed by atoms with Gasteiger partial charge in [0, 0.05) is 13.7 Å². The Balaban J connectivity index is 2.72. The molecule has 86 valence electrons. The largest absolute Gasteiger partial charge is 0.383 e. The van der Waals surface area contributed by atoms with Crippen molar-refractivity contribution >= 4 is 23.2 Å². The molecular formula is C11H12Cl2N2O. The molecule has 0 radical (unpaired) electrons. The predicted molar refractivity (Wildman–Crippen MR) is 64.7 cm³/mol. The van der Waals surface area contributed by atoms with Crippen LogP contribution in [0.2, 0.25) is 10.0 Å². The summed E-state index contributed by atoms with van der Waals surface area (Å²) in [6.45, 7) is 1.16. The van der Waals surface area contributed by atoms with Gasteiger partial charge >= 0.3 is 0 Å². The molecule has 0 saturated heterocycles. The highest BCUT2D eigenvalue weighted by molar-refractivity contribution is 6.42. The van der Waals surface area contributed by atoms with Crippen LogP contribution in [-0.2, 0) is 4.74 Å². The molecule has 0 spiro atoms. The summed E-state index contributed by atoms with van der Waals surface area (Å²) in [4.78, 5) is 0. The van der Waals surface area contributed by atoms with E-state index in [4.69, 9.17) is 33.2 Å². The molecule has 0 saturated carbocycles. The Morgan fingerprint density at radius 1 is 1.44 bits per heavy atom. The van der Waals surface area contributed by atoms with E-state index in [1.807, 2.05) is 0 Å². The van der Waals surface area contributed by atoms with Gasteiger partial charge < -0.3 is 4.74 Å². The van der Waals surface area contributed by atoms with Crippen LogP contribution in [0.5, 0.6) is 0 Å². The first-order valence-corrected chi connectivity index (χ1v) is 5.51. The van der Waals surface area contributed by atoms with Gasteiger partial charge in [0.1, 0.15) is 6.04 Å². The Morgan fingerprint density at radius 3 is 2.75 bits per heavy atom. The molecule has 0 heterocycles. The maximum absolute atomic E-state index is 9.01. The number of rotatable bonds is 5. The van der Waals surface area contributed by atoms with Crippen molar-refractivity contribution in [2.45, 2.75) is 6.04 Å². The van der Waals surface area contributed by atoms with Gasteiger partial charge in [-0.3, -0.25) is 5.32 Å². The molecule has 0 aliphatic rings. The van der Waals surface area contributed by atoms with Gasteiger partial charge in [0.05, 0.1) is 22.7 Å². The van der Waals surface area contributed by atoms with E-state index in [9.17, 15) is 0 Å². The number of methoxy groups -OCH3 is 1. The fraction of sp³-hybridized carbons (Fsp3) is 0.364. The van der Waals surface area contributed by atoms with Gasteiger partial charge in [-0.15, -0.1) is 0 Å². The SMILES string of the molecule is COCCNC(C#N)c1ccc(Cl)c(Cl)c1. The lowest BCUT2D eigenvalue weighted by molar-refractivity contribution is 0.198. The highest BCUT2D eigenvalue weighted by atomic mass is 35.5. The van der Waals surface area contributed by atoms with Gasteiger partial charge in [0.2, 0.25) is 0 Å². The fourth-order valence-electron chi connectivity index (χ4n) is 1.24. The zero-order valence-corrected chi connectivity index (χ0v) is 10.3. The monoisotopic (exact) mass is 258 g/mol. The quantitative estimate of drug-likeness (QED) is 0.827. The molecule has 0 bridgehead atoms. The fourth-order valence-corrected chi connectivity index (χ4v) is 1.54. The average molecular weight is 259 g/mol. The van der Waals surface area contributed by atoms with Crippen LogP contribution in [0.3, 0.4) is 0 Å². The number of nitrogens with one attached hydrogen (secondary N) is 1. The molecule has 0 aromatic heterocycles. The molecule has 16 heavy (non-hydrogen) atoms. The van der Waals surface area contributed by atoms with Gasteiger partial charge in [-0.2, -0.15) is 5.26 Å². The predicted octanol–water partition coefficient (Wildman–Crippen LogP) is 2.79.